The molecule has 0 radical (unpaired) electrons. The summed E-state index contributed by atoms with van der Waals surface area (Å²) in [6.45, 7) is 7.69. The number of benzene rings is 1. The lowest BCUT2D eigenvalue weighted by Crippen LogP contribution is -2.46. The van der Waals surface area contributed by atoms with Gasteiger partial charge < -0.3 is 19.9 Å². The summed E-state index contributed by atoms with van der Waals surface area (Å²) < 4.78 is 11.8. The van der Waals surface area contributed by atoms with Gasteiger partial charge in [-0.3, -0.25) is 4.99 Å². The van der Waals surface area contributed by atoms with Gasteiger partial charge in [-0.25, -0.2) is 0 Å². The third kappa shape index (κ3) is 4.47. The first-order chi connectivity index (χ1) is 14.6. The number of ether oxygens (including phenoxy) is 1. The lowest BCUT2D eigenvalue weighted by atomic mass is 9.86. The Morgan fingerprint density at radius 2 is 2.03 bits per heavy atom. The molecule has 0 amide bonds. The quantitative estimate of drug-likeness (QED) is 0.413. The van der Waals surface area contributed by atoms with Crippen molar-refractivity contribution in [3.05, 3.63) is 46.8 Å². The fourth-order valence-electron chi connectivity index (χ4n) is 4.86. The average molecular weight is 411 g/mol. The maximum Gasteiger partial charge on any atom is 0.191 e. The normalized spacial score (nSPS) is 20.1. The molecule has 1 aromatic heterocycles. The number of guanidine groups is 1. The highest BCUT2D eigenvalue weighted by Gasteiger charge is 2.43. The van der Waals surface area contributed by atoms with Gasteiger partial charge in [0.25, 0.3) is 0 Å². The molecule has 30 heavy (non-hydrogen) atoms. The van der Waals surface area contributed by atoms with Crippen molar-refractivity contribution >= 4 is 5.96 Å². The summed E-state index contributed by atoms with van der Waals surface area (Å²) in [5.74, 6) is 2.82. The third-order valence-corrected chi connectivity index (χ3v) is 6.40. The molecule has 1 spiro atoms. The van der Waals surface area contributed by atoms with Crippen LogP contribution >= 0.6 is 0 Å². The standard InChI is InChI=1S/C24H34N4O2/c1-4-25-23(26-15-9-11-19-17(2)28-30-18(19)3)27-21-16-24(13-7-8-14-24)29-22-12-6-5-10-20(21)22/h5-6,10,12,21H,4,7-9,11,13-16H2,1-3H3,(H2,25,26,27). The Balaban J connectivity index is 1.44. The van der Waals surface area contributed by atoms with Gasteiger partial charge in [0.05, 0.1) is 11.7 Å². The molecule has 0 bridgehead atoms. The van der Waals surface area contributed by atoms with Gasteiger partial charge in [-0.05, 0) is 65.4 Å². The summed E-state index contributed by atoms with van der Waals surface area (Å²) in [6, 6.07) is 8.66. The maximum absolute atomic E-state index is 6.50. The van der Waals surface area contributed by atoms with E-state index in [0.29, 0.717) is 0 Å². The van der Waals surface area contributed by atoms with Gasteiger partial charge in [0.1, 0.15) is 17.1 Å². The van der Waals surface area contributed by atoms with Gasteiger partial charge in [0, 0.05) is 30.6 Å². The van der Waals surface area contributed by atoms with Gasteiger partial charge in [0.2, 0.25) is 0 Å². The van der Waals surface area contributed by atoms with Crippen molar-refractivity contribution in [1.29, 1.82) is 0 Å². The predicted octanol–water partition coefficient (Wildman–Crippen LogP) is 4.62. The van der Waals surface area contributed by atoms with E-state index in [1.807, 2.05) is 13.8 Å². The lowest BCUT2D eigenvalue weighted by Gasteiger charge is -2.40. The molecule has 1 unspecified atom stereocenters. The number of fused-ring (bicyclic) bond motifs is 1. The molecule has 1 fully saturated rings. The summed E-state index contributed by atoms with van der Waals surface area (Å²) in [7, 11) is 0. The van der Waals surface area contributed by atoms with E-state index in [9.17, 15) is 0 Å². The molecule has 2 aliphatic rings. The number of hydrogen-bond acceptors (Lipinski definition) is 4. The second-order valence-corrected chi connectivity index (χ2v) is 8.60. The van der Waals surface area contributed by atoms with Crippen LogP contribution in [0, 0.1) is 13.8 Å². The molecule has 1 atom stereocenters. The van der Waals surface area contributed by atoms with E-state index in [2.05, 4.69) is 47.0 Å². The Morgan fingerprint density at radius 1 is 1.23 bits per heavy atom. The van der Waals surface area contributed by atoms with Gasteiger partial charge in [-0.1, -0.05) is 23.4 Å². The fourth-order valence-corrected chi connectivity index (χ4v) is 4.86. The van der Waals surface area contributed by atoms with Crippen LogP contribution in [0.1, 0.15) is 74.1 Å². The van der Waals surface area contributed by atoms with Crippen molar-refractivity contribution in [2.45, 2.75) is 77.4 Å². The number of hydrogen-bond donors (Lipinski definition) is 2. The molecular weight excluding hydrogens is 376 g/mol. The first-order valence-electron chi connectivity index (χ1n) is 11.3. The van der Waals surface area contributed by atoms with Gasteiger partial charge in [-0.15, -0.1) is 0 Å². The molecule has 4 rings (SSSR count). The molecule has 2 N–H and O–H groups in total. The number of para-hydroxylation sites is 1. The van der Waals surface area contributed by atoms with Crippen molar-refractivity contribution in [2.75, 3.05) is 13.1 Å². The molecule has 2 heterocycles. The molecule has 1 aromatic carbocycles. The molecule has 1 aliphatic carbocycles. The zero-order valence-electron chi connectivity index (χ0n) is 18.5. The van der Waals surface area contributed by atoms with E-state index in [1.165, 1.54) is 24.0 Å². The van der Waals surface area contributed by atoms with Crippen molar-refractivity contribution in [3.8, 4) is 5.75 Å². The molecule has 1 aliphatic heterocycles. The van der Waals surface area contributed by atoms with Crippen LogP contribution in [0.25, 0.3) is 0 Å². The van der Waals surface area contributed by atoms with Crippen LogP contribution in [0.3, 0.4) is 0 Å². The van der Waals surface area contributed by atoms with Gasteiger partial charge in [0.15, 0.2) is 5.96 Å². The van der Waals surface area contributed by atoms with Crippen molar-refractivity contribution in [2.24, 2.45) is 4.99 Å². The fraction of sp³-hybridized carbons (Fsp3) is 0.583. The van der Waals surface area contributed by atoms with Crippen LogP contribution in [0.5, 0.6) is 5.75 Å². The minimum absolute atomic E-state index is 0.0211. The van der Waals surface area contributed by atoms with Crippen LogP contribution in [0.4, 0.5) is 0 Å². The number of aryl methyl sites for hydroxylation is 2. The number of nitrogens with zero attached hydrogens (tertiary/aromatic N) is 2. The average Bonchev–Trinajstić information content (AvgIpc) is 3.32. The minimum atomic E-state index is -0.0211. The van der Waals surface area contributed by atoms with Crippen LogP contribution < -0.4 is 15.4 Å². The monoisotopic (exact) mass is 410 g/mol. The topological polar surface area (TPSA) is 71.7 Å². The second-order valence-electron chi connectivity index (χ2n) is 8.60. The van der Waals surface area contributed by atoms with Gasteiger partial charge in [-0.2, -0.15) is 0 Å². The highest BCUT2D eigenvalue weighted by atomic mass is 16.5. The minimum Gasteiger partial charge on any atom is -0.487 e. The summed E-state index contributed by atoms with van der Waals surface area (Å²) in [6.07, 6.45) is 7.69. The smallest absolute Gasteiger partial charge is 0.191 e. The summed E-state index contributed by atoms with van der Waals surface area (Å²) in [5, 5.41) is 11.2. The predicted molar refractivity (Wildman–Crippen MR) is 119 cm³/mol. The molecule has 6 heteroatoms. The molecular formula is C24H34N4O2. The number of aliphatic imine (C=N–C) groups is 1. The van der Waals surface area contributed by atoms with Crippen LogP contribution in [0.15, 0.2) is 33.8 Å². The maximum atomic E-state index is 6.50. The number of nitrogens with one attached hydrogen (secondary N) is 2. The zero-order chi connectivity index (χ0) is 21.0. The second kappa shape index (κ2) is 9.11. The lowest BCUT2D eigenvalue weighted by molar-refractivity contribution is 0.0396. The summed E-state index contributed by atoms with van der Waals surface area (Å²) in [4.78, 5) is 4.86. The van der Waals surface area contributed by atoms with E-state index < -0.39 is 0 Å². The Kier molecular flexibility index (Phi) is 6.30. The Hall–Kier alpha value is -2.50. The molecule has 0 saturated heterocycles. The first kappa shape index (κ1) is 20.8. The number of rotatable bonds is 6. The molecule has 2 aromatic rings. The van der Waals surface area contributed by atoms with E-state index in [-0.39, 0.29) is 11.6 Å². The summed E-state index contributed by atoms with van der Waals surface area (Å²) in [5.41, 5.74) is 3.41. The Bertz CT molecular complexity index is 864. The highest BCUT2D eigenvalue weighted by molar-refractivity contribution is 5.80. The van der Waals surface area contributed by atoms with Crippen LogP contribution in [0.2, 0.25) is 0 Å². The molecule has 162 valence electrons. The highest BCUT2D eigenvalue weighted by Crippen LogP contribution is 2.46. The van der Waals surface area contributed by atoms with Crippen molar-refractivity contribution < 1.29 is 9.26 Å². The Morgan fingerprint density at radius 3 is 2.77 bits per heavy atom. The van der Waals surface area contributed by atoms with Crippen LogP contribution in [-0.2, 0) is 6.42 Å². The van der Waals surface area contributed by atoms with Crippen molar-refractivity contribution in [1.82, 2.24) is 15.8 Å². The van der Waals surface area contributed by atoms with Crippen molar-refractivity contribution in [3.63, 3.8) is 0 Å². The molecule has 6 nitrogen and oxygen atoms in total. The first-order valence-corrected chi connectivity index (χ1v) is 11.3. The van der Waals surface area contributed by atoms with E-state index in [0.717, 1.165) is 68.4 Å². The third-order valence-electron chi connectivity index (χ3n) is 6.40. The largest absolute Gasteiger partial charge is 0.487 e. The van der Waals surface area contributed by atoms with E-state index in [4.69, 9.17) is 14.3 Å². The number of aromatic nitrogens is 1. The van der Waals surface area contributed by atoms with Gasteiger partial charge >= 0.3 is 0 Å². The van der Waals surface area contributed by atoms with E-state index >= 15 is 0 Å². The SMILES string of the molecule is CCNC(=NCCCc1c(C)noc1C)NC1CC2(CCCC2)Oc2ccccc21. The molecule has 1 saturated carbocycles. The Labute approximate surface area is 179 Å². The van der Waals surface area contributed by atoms with Crippen LogP contribution in [-0.4, -0.2) is 29.8 Å². The summed E-state index contributed by atoms with van der Waals surface area (Å²) >= 11 is 0. The van der Waals surface area contributed by atoms with E-state index in [1.54, 1.807) is 0 Å². The zero-order valence-corrected chi connectivity index (χ0v) is 18.5.